The highest BCUT2D eigenvalue weighted by atomic mass is 19.4. The third-order valence-corrected chi connectivity index (χ3v) is 4.95. The second kappa shape index (κ2) is 7.57. The fourth-order valence-corrected chi connectivity index (χ4v) is 3.64. The Morgan fingerprint density at radius 3 is 2.50 bits per heavy atom. The summed E-state index contributed by atoms with van der Waals surface area (Å²) >= 11 is 0. The smallest absolute Gasteiger partial charge is 0.353 e. The average molecular weight is 345 g/mol. The second-order valence-corrected chi connectivity index (χ2v) is 6.73. The number of alkyl halides is 3. The van der Waals surface area contributed by atoms with Crippen LogP contribution in [0.4, 0.5) is 13.2 Å². The van der Waals surface area contributed by atoms with E-state index in [0.29, 0.717) is 22.9 Å². The zero-order valence-corrected chi connectivity index (χ0v) is 14.5. The van der Waals surface area contributed by atoms with Crippen molar-refractivity contribution in [3.63, 3.8) is 0 Å². The Labute approximate surface area is 140 Å². The Morgan fingerprint density at radius 2 is 1.96 bits per heavy atom. The molecule has 24 heavy (non-hydrogen) atoms. The van der Waals surface area contributed by atoms with E-state index in [4.69, 9.17) is 0 Å². The molecule has 1 aromatic rings. The summed E-state index contributed by atoms with van der Waals surface area (Å²) in [7, 11) is 0. The molecule has 1 aliphatic rings. The van der Waals surface area contributed by atoms with E-state index in [1.165, 1.54) is 12.8 Å². The molecule has 0 aromatic carbocycles. The first-order chi connectivity index (χ1) is 11.2. The number of carbonyl (C=O) groups excluding carboxylic acids is 1. The van der Waals surface area contributed by atoms with Crippen LogP contribution in [0.2, 0.25) is 0 Å². The third-order valence-electron chi connectivity index (χ3n) is 4.95. The molecule has 0 aliphatic heterocycles. The molecule has 4 nitrogen and oxygen atoms in total. The highest BCUT2D eigenvalue weighted by Crippen LogP contribution is 2.29. The number of aryl methyl sites for hydroxylation is 1. The second-order valence-electron chi connectivity index (χ2n) is 6.73. The maximum absolute atomic E-state index is 12.6. The summed E-state index contributed by atoms with van der Waals surface area (Å²) in [5.74, 6) is 0.389. The van der Waals surface area contributed by atoms with Crippen molar-refractivity contribution in [2.75, 3.05) is 0 Å². The van der Waals surface area contributed by atoms with Crippen LogP contribution in [-0.4, -0.2) is 27.9 Å². The molecule has 0 bridgehead atoms. The Balaban J connectivity index is 2.03. The summed E-state index contributed by atoms with van der Waals surface area (Å²) in [6.45, 7) is 4.17. The maximum Gasteiger partial charge on any atom is 0.408 e. The molecule has 7 heteroatoms. The van der Waals surface area contributed by atoms with Gasteiger partial charge in [0.15, 0.2) is 0 Å². The summed E-state index contributed by atoms with van der Waals surface area (Å²) in [4.78, 5) is 12.4. The molecule has 1 heterocycles. The highest BCUT2D eigenvalue weighted by molar-refractivity contribution is 5.79. The summed E-state index contributed by atoms with van der Waals surface area (Å²) in [6.07, 6.45) is 1.33. The van der Waals surface area contributed by atoms with Gasteiger partial charge in [-0.05, 0) is 39.0 Å². The van der Waals surface area contributed by atoms with Crippen molar-refractivity contribution >= 4 is 5.91 Å². The van der Waals surface area contributed by atoms with E-state index in [0.717, 1.165) is 23.9 Å². The molecule has 0 saturated heterocycles. The minimum Gasteiger partial charge on any atom is -0.353 e. The van der Waals surface area contributed by atoms with Gasteiger partial charge in [0.05, 0.1) is 12.1 Å². The van der Waals surface area contributed by atoms with E-state index in [2.05, 4.69) is 17.3 Å². The predicted molar refractivity (Wildman–Crippen MR) is 85.6 cm³/mol. The number of hydrogen-bond donors (Lipinski definition) is 1. The van der Waals surface area contributed by atoms with Crippen molar-refractivity contribution in [3.05, 3.63) is 17.0 Å². The molecule has 1 fully saturated rings. The van der Waals surface area contributed by atoms with E-state index < -0.39 is 12.7 Å². The van der Waals surface area contributed by atoms with Crippen LogP contribution in [0.3, 0.4) is 0 Å². The number of aromatic nitrogens is 2. The van der Waals surface area contributed by atoms with Gasteiger partial charge in [-0.15, -0.1) is 0 Å². The number of amides is 1. The van der Waals surface area contributed by atoms with E-state index in [1.54, 1.807) is 13.8 Å². The minimum atomic E-state index is -4.32. The van der Waals surface area contributed by atoms with Crippen LogP contribution in [0.1, 0.15) is 56.0 Å². The fraction of sp³-hybridized carbons (Fsp3) is 0.765. The molecule has 0 radical (unpaired) electrons. The topological polar surface area (TPSA) is 46.9 Å². The number of hydrogen-bond acceptors (Lipinski definition) is 2. The minimum absolute atomic E-state index is 0.0821. The molecule has 1 N–H and O–H groups in total. The predicted octanol–water partition coefficient (Wildman–Crippen LogP) is 3.69. The average Bonchev–Trinajstić information content (AvgIpc) is 3.08. The van der Waals surface area contributed by atoms with Gasteiger partial charge in [-0.1, -0.05) is 19.8 Å². The number of rotatable bonds is 6. The summed E-state index contributed by atoms with van der Waals surface area (Å²) < 4.78 is 38.7. The normalized spacial score (nSPS) is 17.2. The quantitative estimate of drug-likeness (QED) is 0.855. The van der Waals surface area contributed by atoms with Crippen molar-refractivity contribution in [2.24, 2.45) is 5.92 Å². The van der Waals surface area contributed by atoms with Crippen molar-refractivity contribution in [3.8, 4) is 0 Å². The summed E-state index contributed by atoms with van der Waals surface area (Å²) in [5.41, 5.74) is 1.49. The van der Waals surface area contributed by atoms with Crippen LogP contribution < -0.4 is 5.32 Å². The lowest BCUT2D eigenvalue weighted by Gasteiger charge is -2.23. The summed E-state index contributed by atoms with van der Waals surface area (Å²) in [6, 6.07) is 0.158. The van der Waals surface area contributed by atoms with Crippen LogP contribution in [0, 0.1) is 19.8 Å². The zero-order chi connectivity index (χ0) is 17.9. The van der Waals surface area contributed by atoms with Crippen molar-refractivity contribution < 1.29 is 18.0 Å². The Hall–Kier alpha value is -1.53. The monoisotopic (exact) mass is 345 g/mol. The lowest BCUT2D eigenvalue weighted by molar-refractivity contribution is -0.143. The molecular weight excluding hydrogens is 319 g/mol. The molecule has 1 amide bonds. The first-order valence-corrected chi connectivity index (χ1v) is 8.60. The number of halogens is 3. The molecule has 1 aromatic heterocycles. The van der Waals surface area contributed by atoms with Gasteiger partial charge in [0.2, 0.25) is 5.91 Å². The number of carbonyl (C=O) groups is 1. The molecule has 1 aliphatic carbocycles. The van der Waals surface area contributed by atoms with Crippen molar-refractivity contribution in [1.82, 2.24) is 15.1 Å². The molecule has 1 unspecified atom stereocenters. The first-order valence-electron chi connectivity index (χ1n) is 8.60. The van der Waals surface area contributed by atoms with Gasteiger partial charge in [0, 0.05) is 17.3 Å². The SMILES string of the molecule is CCC(NC(=O)Cc1c(C)nn(CC(F)(F)F)c1C)C1CCCC1. The Morgan fingerprint density at radius 1 is 1.33 bits per heavy atom. The fourth-order valence-electron chi connectivity index (χ4n) is 3.64. The van der Waals surface area contributed by atoms with Crippen molar-refractivity contribution in [2.45, 2.75) is 78.1 Å². The molecule has 136 valence electrons. The molecular formula is C17H26F3N3O. The van der Waals surface area contributed by atoms with Gasteiger partial charge >= 0.3 is 6.18 Å². The van der Waals surface area contributed by atoms with Gasteiger partial charge in [-0.25, -0.2) is 0 Å². The van der Waals surface area contributed by atoms with E-state index in [-0.39, 0.29) is 18.4 Å². The number of nitrogens with zero attached hydrogens (tertiary/aromatic N) is 2. The summed E-state index contributed by atoms with van der Waals surface area (Å²) in [5, 5.41) is 7.01. The lowest BCUT2D eigenvalue weighted by atomic mass is 9.95. The molecule has 0 spiro atoms. The van der Waals surface area contributed by atoms with Crippen LogP contribution in [0.5, 0.6) is 0 Å². The van der Waals surface area contributed by atoms with Gasteiger partial charge in [0.25, 0.3) is 0 Å². The van der Waals surface area contributed by atoms with Crippen LogP contribution in [0.15, 0.2) is 0 Å². The Bertz CT molecular complexity index is 574. The van der Waals surface area contributed by atoms with Gasteiger partial charge in [-0.2, -0.15) is 18.3 Å². The van der Waals surface area contributed by atoms with Crippen LogP contribution in [0.25, 0.3) is 0 Å². The van der Waals surface area contributed by atoms with E-state index in [9.17, 15) is 18.0 Å². The first kappa shape index (κ1) is 18.8. The molecule has 1 saturated carbocycles. The van der Waals surface area contributed by atoms with Crippen molar-refractivity contribution in [1.29, 1.82) is 0 Å². The van der Waals surface area contributed by atoms with Gasteiger partial charge in [0.1, 0.15) is 6.54 Å². The third kappa shape index (κ3) is 4.74. The van der Waals surface area contributed by atoms with Gasteiger partial charge < -0.3 is 5.32 Å². The highest BCUT2D eigenvalue weighted by Gasteiger charge is 2.30. The van der Waals surface area contributed by atoms with E-state index >= 15 is 0 Å². The standard InChI is InChI=1S/C17H26F3N3O/c1-4-15(13-7-5-6-8-13)21-16(24)9-14-11(2)22-23(12(14)3)10-17(18,19)20/h13,15H,4-10H2,1-3H3,(H,21,24). The molecule has 2 rings (SSSR count). The van der Waals surface area contributed by atoms with Crippen LogP contribution in [-0.2, 0) is 17.8 Å². The Kier molecular flexibility index (Phi) is 5.93. The van der Waals surface area contributed by atoms with Gasteiger partial charge in [-0.3, -0.25) is 9.48 Å². The van der Waals surface area contributed by atoms with E-state index in [1.807, 2.05) is 0 Å². The van der Waals surface area contributed by atoms with Crippen LogP contribution >= 0.6 is 0 Å². The maximum atomic E-state index is 12.6. The lowest BCUT2D eigenvalue weighted by Crippen LogP contribution is -2.40. The molecule has 1 atom stereocenters. The largest absolute Gasteiger partial charge is 0.408 e. The zero-order valence-electron chi connectivity index (χ0n) is 14.5. The number of nitrogens with one attached hydrogen (secondary N) is 1.